The van der Waals surface area contributed by atoms with Gasteiger partial charge in [-0.05, 0) is 67.8 Å². The molecule has 2 N–H and O–H groups in total. The summed E-state index contributed by atoms with van der Waals surface area (Å²) in [6.07, 6.45) is -1.11. The van der Waals surface area contributed by atoms with E-state index in [0.29, 0.717) is 22.3 Å². The maximum Gasteiger partial charge on any atom is 0.193 e. The van der Waals surface area contributed by atoms with Crippen LogP contribution < -0.4 is 0 Å². The highest BCUT2D eigenvalue weighted by atomic mass is 16.4. The van der Waals surface area contributed by atoms with Gasteiger partial charge < -0.3 is 14.9 Å². The minimum atomic E-state index is -1.11. The van der Waals surface area contributed by atoms with Crippen LogP contribution in [0, 0.1) is 13.8 Å². The molecule has 1 heterocycles. The summed E-state index contributed by atoms with van der Waals surface area (Å²) in [5.41, 5.74) is 6.70. The van der Waals surface area contributed by atoms with Crippen molar-refractivity contribution in [3.8, 4) is 0 Å². The van der Waals surface area contributed by atoms with Gasteiger partial charge in [0.2, 0.25) is 0 Å². The summed E-state index contributed by atoms with van der Waals surface area (Å²) < 4.78 is 2.20. The van der Waals surface area contributed by atoms with Crippen molar-refractivity contribution in [1.82, 2.24) is 4.57 Å². The number of benzene rings is 4. The fourth-order valence-electron chi connectivity index (χ4n) is 5.03. The summed E-state index contributed by atoms with van der Waals surface area (Å²) in [6, 6.07) is 26.7. The van der Waals surface area contributed by atoms with Crippen LogP contribution in [0.5, 0.6) is 0 Å². The van der Waals surface area contributed by atoms with E-state index in [4.69, 9.17) is 0 Å². The summed E-state index contributed by atoms with van der Waals surface area (Å²) in [7, 11) is 0. The highest BCUT2D eigenvalue weighted by Crippen LogP contribution is 2.33. The molecule has 36 heavy (non-hydrogen) atoms. The van der Waals surface area contributed by atoms with Crippen LogP contribution in [0.2, 0.25) is 0 Å². The number of aromatic nitrogens is 1. The van der Waals surface area contributed by atoms with Gasteiger partial charge in [-0.3, -0.25) is 4.79 Å². The van der Waals surface area contributed by atoms with Crippen LogP contribution in [0.1, 0.15) is 51.2 Å². The fraction of sp³-hybridized carbons (Fsp3) is 0.161. The Morgan fingerprint density at radius 3 is 2.03 bits per heavy atom. The lowest BCUT2D eigenvalue weighted by Gasteiger charge is -2.15. The predicted molar refractivity (Wildman–Crippen MR) is 144 cm³/mol. The first-order valence-corrected chi connectivity index (χ1v) is 12.1. The Labute approximate surface area is 209 Å². The molecule has 1 unspecified atom stereocenters. The molecule has 0 spiro atoms. The van der Waals surface area contributed by atoms with Crippen molar-refractivity contribution in [3.63, 3.8) is 0 Å². The minimum Gasteiger partial charge on any atom is -0.411 e. The van der Waals surface area contributed by atoms with E-state index in [0.717, 1.165) is 39.5 Å². The molecular formula is C31H28N2O3. The van der Waals surface area contributed by atoms with Gasteiger partial charge in [0.15, 0.2) is 5.78 Å². The molecule has 5 rings (SSSR count). The van der Waals surface area contributed by atoms with Crippen molar-refractivity contribution >= 4 is 33.3 Å². The Hall–Kier alpha value is -4.22. The second-order valence-electron chi connectivity index (χ2n) is 9.10. The lowest BCUT2D eigenvalue weighted by atomic mass is 9.94. The Morgan fingerprint density at radius 1 is 0.833 bits per heavy atom. The third-order valence-electron chi connectivity index (χ3n) is 6.96. The zero-order valence-electron chi connectivity index (χ0n) is 20.6. The fourth-order valence-corrected chi connectivity index (χ4v) is 5.03. The number of rotatable bonds is 6. The van der Waals surface area contributed by atoms with Crippen LogP contribution in [0.15, 0.2) is 90.1 Å². The average Bonchev–Trinajstić information content (AvgIpc) is 3.22. The van der Waals surface area contributed by atoms with Crippen molar-refractivity contribution in [2.24, 2.45) is 5.16 Å². The van der Waals surface area contributed by atoms with Crippen molar-refractivity contribution in [2.75, 3.05) is 0 Å². The topological polar surface area (TPSA) is 74.8 Å². The van der Waals surface area contributed by atoms with Gasteiger partial charge in [0.25, 0.3) is 0 Å². The van der Waals surface area contributed by atoms with E-state index < -0.39 is 6.10 Å². The van der Waals surface area contributed by atoms with E-state index in [1.54, 1.807) is 0 Å². The standard InChI is InChI=1S/C31H28N2O3/c1-4-33-27-15-13-21(30(34)24-12-8-6-10-20(24)3)17-25(27)26-18-22(14-16-28(26)33)31(35)29(32-36)23-11-7-5-9-19(23)2/h5-18,31,35-36H,4H2,1-3H3/b32-29+. The van der Waals surface area contributed by atoms with Gasteiger partial charge in [-0.2, -0.15) is 0 Å². The van der Waals surface area contributed by atoms with Crippen LogP contribution >= 0.6 is 0 Å². The Morgan fingerprint density at radius 2 is 1.42 bits per heavy atom. The van der Waals surface area contributed by atoms with Crippen LogP contribution in [-0.4, -0.2) is 26.4 Å². The van der Waals surface area contributed by atoms with Gasteiger partial charge in [-0.15, -0.1) is 0 Å². The first-order valence-electron chi connectivity index (χ1n) is 12.1. The number of aliphatic hydroxyl groups excluding tert-OH is 1. The molecule has 0 radical (unpaired) electrons. The second kappa shape index (κ2) is 9.44. The van der Waals surface area contributed by atoms with Crippen LogP contribution in [0.4, 0.5) is 0 Å². The molecule has 0 aliphatic rings. The molecule has 0 aliphatic carbocycles. The summed E-state index contributed by atoms with van der Waals surface area (Å²) in [5.74, 6) is -0.0159. The lowest BCUT2D eigenvalue weighted by molar-refractivity contribution is 0.103. The van der Waals surface area contributed by atoms with Crippen LogP contribution in [0.3, 0.4) is 0 Å². The Bertz CT molecular complexity index is 1650. The normalized spacial score (nSPS) is 12.8. The number of carbonyl (C=O) groups excluding carboxylic acids is 1. The van der Waals surface area contributed by atoms with Crippen LogP contribution in [-0.2, 0) is 6.54 Å². The minimum absolute atomic E-state index is 0.0159. The lowest BCUT2D eigenvalue weighted by Crippen LogP contribution is -2.15. The molecule has 0 fully saturated rings. The van der Waals surface area contributed by atoms with Gasteiger partial charge in [-0.1, -0.05) is 59.8 Å². The van der Waals surface area contributed by atoms with Gasteiger partial charge in [-0.25, -0.2) is 0 Å². The first-order chi connectivity index (χ1) is 17.4. The molecule has 1 aromatic heterocycles. The van der Waals surface area contributed by atoms with Crippen molar-refractivity contribution < 1.29 is 15.1 Å². The van der Waals surface area contributed by atoms with Gasteiger partial charge >= 0.3 is 0 Å². The Kier molecular flexibility index (Phi) is 6.17. The van der Waals surface area contributed by atoms with Crippen LogP contribution in [0.25, 0.3) is 21.8 Å². The predicted octanol–water partition coefficient (Wildman–Crippen LogP) is 6.57. The zero-order valence-corrected chi connectivity index (χ0v) is 20.6. The van der Waals surface area contributed by atoms with Crippen molar-refractivity contribution in [1.29, 1.82) is 0 Å². The maximum absolute atomic E-state index is 13.3. The number of aryl methyl sites for hydroxylation is 3. The molecule has 5 aromatic rings. The zero-order chi connectivity index (χ0) is 25.4. The second-order valence-corrected chi connectivity index (χ2v) is 9.10. The molecule has 0 bridgehead atoms. The number of hydrogen-bond acceptors (Lipinski definition) is 4. The smallest absolute Gasteiger partial charge is 0.193 e. The number of ketones is 1. The molecule has 5 heteroatoms. The van der Waals surface area contributed by atoms with E-state index >= 15 is 0 Å². The van der Waals surface area contributed by atoms with Crippen molar-refractivity contribution in [2.45, 2.75) is 33.4 Å². The molecule has 0 aliphatic heterocycles. The summed E-state index contributed by atoms with van der Waals surface area (Å²) in [4.78, 5) is 13.3. The molecule has 0 saturated heterocycles. The Balaban J connectivity index is 1.65. The first kappa shape index (κ1) is 23.5. The third-order valence-corrected chi connectivity index (χ3v) is 6.96. The quantitative estimate of drug-likeness (QED) is 0.126. The monoisotopic (exact) mass is 476 g/mol. The van der Waals surface area contributed by atoms with Gasteiger partial charge in [0.1, 0.15) is 11.8 Å². The van der Waals surface area contributed by atoms with E-state index in [2.05, 4.69) is 16.6 Å². The summed E-state index contributed by atoms with van der Waals surface area (Å²) in [5, 5.41) is 26.3. The molecule has 5 nitrogen and oxygen atoms in total. The van der Waals surface area contributed by atoms with E-state index in [1.165, 1.54) is 0 Å². The molecule has 4 aromatic carbocycles. The number of oxime groups is 1. The molecule has 1 atom stereocenters. The van der Waals surface area contributed by atoms with E-state index in [9.17, 15) is 15.1 Å². The molecule has 180 valence electrons. The molecular weight excluding hydrogens is 448 g/mol. The van der Waals surface area contributed by atoms with E-state index in [-0.39, 0.29) is 11.5 Å². The SMILES string of the molecule is CCn1c2ccc(C(=O)c3ccccc3C)cc2c2cc(C(O)/C(=N/O)c3ccccc3C)ccc21. The molecule has 0 saturated carbocycles. The number of carbonyl (C=O) groups is 1. The van der Waals surface area contributed by atoms with E-state index in [1.807, 2.05) is 98.8 Å². The largest absolute Gasteiger partial charge is 0.411 e. The summed E-state index contributed by atoms with van der Waals surface area (Å²) >= 11 is 0. The number of nitrogens with zero attached hydrogens (tertiary/aromatic N) is 2. The molecule has 0 amide bonds. The number of hydrogen-bond donors (Lipinski definition) is 2. The number of fused-ring (bicyclic) bond motifs is 3. The van der Waals surface area contributed by atoms with Gasteiger partial charge in [0.05, 0.1) is 0 Å². The highest BCUT2D eigenvalue weighted by molar-refractivity contribution is 6.15. The maximum atomic E-state index is 13.3. The summed E-state index contributed by atoms with van der Waals surface area (Å²) in [6.45, 7) is 6.71. The van der Waals surface area contributed by atoms with Gasteiger partial charge in [0, 0.05) is 45.0 Å². The average molecular weight is 477 g/mol. The third kappa shape index (κ3) is 3.88. The van der Waals surface area contributed by atoms with Crippen molar-refractivity contribution in [3.05, 3.63) is 118 Å². The number of aliphatic hydroxyl groups is 1. The highest BCUT2D eigenvalue weighted by Gasteiger charge is 2.22.